The summed E-state index contributed by atoms with van der Waals surface area (Å²) in [5.74, 6) is -1.72. The fourth-order valence-electron chi connectivity index (χ4n) is 2.77. The Hall–Kier alpha value is -2.38. The Labute approximate surface area is 156 Å². The van der Waals surface area contributed by atoms with E-state index in [-0.39, 0.29) is 27.9 Å². The van der Waals surface area contributed by atoms with Crippen molar-refractivity contribution in [2.75, 3.05) is 10.1 Å². The van der Waals surface area contributed by atoms with Gasteiger partial charge in [-0.1, -0.05) is 48.9 Å². The standard InChI is InChI=1S/C18H17ClN2O4S/c1-12-11-26(24,25)21(18(12)23)14-7-8-15(16(19)9-14)17(22)20-10-13-5-3-2-4-6-13/h2-9,12H,10-11H2,1H3,(H,20,22)/t12-/m0/s1. The number of amides is 2. The van der Waals surface area contributed by atoms with Crippen LogP contribution in [0, 0.1) is 5.92 Å². The second-order valence-corrected chi connectivity index (χ2v) is 8.38. The number of hydrogen-bond acceptors (Lipinski definition) is 4. The predicted molar refractivity (Wildman–Crippen MR) is 99.5 cm³/mol. The van der Waals surface area contributed by atoms with E-state index >= 15 is 0 Å². The number of anilines is 1. The van der Waals surface area contributed by atoms with Gasteiger partial charge in [-0.05, 0) is 23.8 Å². The van der Waals surface area contributed by atoms with Crippen LogP contribution in [0.15, 0.2) is 48.5 Å². The molecule has 8 heteroatoms. The van der Waals surface area contributed by atoms with Crippen LogP contribution in [0.5, 0.6) is 0 Å². The quantitative estimate of drug-likeness (QED) is 0.866. The number of carbonyl (C=O) groups is 2. The van der Waals surface area contributed by atoms with E-state index < -0.39 is 21.8 Å². The smallest absolute Gasteiger partial charge is 0.253 e. The third-order valence-corrected chi connectivity index (χ3v) is 6.27. The first kappa shape index (κ1) is 18.4. The highest BCUT2D eigenvalue weighted by Crippen LogP contribution is 2.31. The largest absolute Gasteiger partial charge is 0.348 e. The maximum Gasteiger partial charge on any atom is 0.253 e. The van der Waals surface area contributed by atoms with Crippen LogP contribution in [0.25, 0.3) is 0 Å². The van der Waals surface area contributed by atoms with Crippen molar-refractivity contribution in [1.82, 2.24) is 5.32 Å². The Morgan fingerprint density at radius 3 is 2.50 bits per heavy atom. The zero-order chi connectivity index (χ0) is 18.9. The van der Waals surface area contributed by atoms with Gasteiger partial charge in [0.2, 0.25) is 15.9 Å². The molecule has 1 aliphatic heterocycles. The first-order chi connectivity index (χ1) is 12.3. The summed E-state index contributed by atoms with van der Waals surface area (Å²) in [6.45, 7) is 1.90. The van der Waals surface area contributed by atoms with Crippen molar-refractivity contribution < 1.29 is 18.0 Å². The second-order valence-electron chi connectivity index (χ2n) is 6.11. The van der Waals surface area contributed by atoms with Crippen molar-refractivity contribution in [2.24, 2.45) is 5.92 Å². The minimum absolute atomic E-state index is 0.0793. The summed E-state index contributed by atoms with van der Waals surface area (Å²) < 4.78 is 25.1. The van der Waals surface area contributed by atoms with Crippen LogP contribution < -0.4 is 9.62 Å². The van der Waals surface area contributed by atoms with Gasteiger partial charge in [-0.3, -0.25) is 9.59 Å². The van der Waals surface area contributed by atoms with Crippen LogP contribution in [0.1, 0.15) is 22.8 Å². The van der Waals surface area contributed by atoms with Crippen molar-refractivity contribution in [1.29, 1.82) is 0 Å². The molecule has 136 valence electrons. The Morgan fingerprint density at radius 2 is 1.92 bits per heavy atom. The van der Waals surface area contributed by atoms with Gasteiger partial charge < -0.3 is 5.32 Å². The van der Waals surface area contributed by atoms with Gasteiger partial charge in [-0.15, -0.1) is 0 Å². The molecule has 6 nitrogen and oxygen atoms in total. The van der Waals surface area contributed by atoms with Crippen LogP contribution in [0.2, 0.25) is 5.02 Å². The third-order valence-electron chi connectivity index (χ3n) is 4.09. The topological polar surface area (TPSA) is 83.6 Å². The average Bonchev–Trinajstić information content (AvgIpc) is 2.80. The van der Waals surface area contributed by atoms with E-state index in [1.54, 1.807) is 6.92 Å². The summed E-state index contributed by atoms with van der Waals surface area (Å²) in [6.07, 6.45) is 0. The normalized spacial score (nSPS) is 18.8. The molecule has 2 aromatic rings. The van der Waals surface area contributed by atoms with Crippen molar-refractivity contribution in [3.63, 3.8) is 0 Å². The lowest BCUT2D eigenvalue weighted by molar-refractivity contribution is -0.119. The summed E-state index contributed by atoms with van der Waals surface area (Å²) >= 11 is 6.17. The fourth-order valence-corrected chi connectivity index (χ4v) is 4.85. The molecule has 0 spiro atoms. The van der Waals surface area contributed by atoms with E-state index in [0.29, 0.717) is 6.54 Å². The van der Waals surface area contributed by atoms with Crippen LogP contribution in [0.3, 0.4) is 0 Å². The summed E-state index contributed by atoms with van der Waals surface area (Å²) in [6, 6.07) is 13.6. The van der Waals surface area contributed by atoms with E-state index in [1.807, 2.05) is 30.3 Å². The van der Waals surface area contributed by atoms with Gasteiger partial charge in [0.1, 0.15) is 0 Å². The van der Waals surface area contributed by atoms with E-state index in [0.717, 1.165) is 9.87 Å². The van der Waals surface area contributed by atoms with E-state index in [4.69, 9.17) is 11.6 Å². The minimum Gasteiger partial charge on any atom is -0.348 e. The molecule has 0 radical (unpaired) electrons. The monoisotopic (exact) mass is 392 g/mol. The number of rotatable bonds is 4. The summed E-state index contributed by atoms with van der Waals surface area (Å²) in [5, 5.41) is 2.83. The number of carbonyl (C=O) groups excluding carboxylic acids is 2. The van der Waals surface area contributed by atoms with Crippen molar-refractivity contribution in [3.8, 4) is 0 Å². The summed E-state index contributed by atoms with van der Waals surface area (Å²) in [4.78, 5) is 24.5. The molecule has 2 amide bonds. The molecule has 0 bridgehead atoms. The van der Waals surface area contributed by atoms with Gasteiger partial charge in [-0.2, -0.15) is 0 Å². The lowest BCUT2D eigenvalue weighted by Gasteiger charge is -2.16. The van der Waals surface area contributed by atoms with Gasteiger partial charge in [0.15, 0.2) is 0 Å². The molecule has 2 aromatic carbocycles. The molecule has 0 saturated carbocycles. The summed E-state index contributed by atoms with van der Waals surface area (Å²) in [7, 11) is -3.71. The highest BCUT2D eigenvalue weighted by atomic mass is 35.5. The van der Waals surface area contributed by atoms with Crippen molar-refractivity contribution in [2.45, 2.75) is 13.5 Å². The van der Waals surface area contributed by atoms with E-state index in [2.05, 4.69) is 5.32 Å². The van der Waals surface area contributed by atoms with Gasteiger partial charge in [0, 0.05) is 6.54 Å². The number of benzene rings is 2. The molecule has 1 heterocycles. The number of halogens is 1. The number of nitrogens with zero attached hydrogens (tertiary/aromatic N) is 1. The Bertz CT molecular complexity index is 960. The van der Waals surface area contributed by atoms with Crippen molar-refractivity contribution >= 4 is 39.1 Å². The molecular formula is C18H17ClN2O4S. The fraction of sp³-hybridized carbons (Fsp3) is 0.222. The zero-order valence-electron chi connectivity index (χ0n) is 14.0. The molecule has 1 saturated heterocycles. The zero-order valence-corrected chi connectivity index (χ0v) is 15.5. The molecule has 0 unspecified atom stereocenters. The minimum atomic E-state index is -3.71. The second kappa shape index (κ2) is 7.09. The average molecular weight is 393 g/mol. The van der Waals surface area contributed by atoms with Gasteiger partial charge in [0.25, 0.3) is 5.91 Å². The lowest BCUT2D eigenvalue weighted by Crippen LogP contribution is -2.30. The molecular weight excluding hydrogens is 376 g/mol. The highest BCUT2D eigenvalue weighted by molar-refractivity contribution is 7.94. The highest BCUT2D eigenvalue weighted by Gasteiger charge is 2.42. The molecule has 0 aliphatic carbocycles. The molecule has 0 aromatic heterocycles. The Morgan fingerprint density at radius 1 is 1.23 bits per heavy atom. The Balaban J connectivity index is 1.79. The van der Waals surface area contributed by atoms with Gasteiger partial charge in [0.05, 0.1) is 27.9 Å². The van der Waals surface area contributed by atoms with Gasteiger partial charge >= 0.3 is 0 Å². The Kier molecular flexibility index (Phi) is 5.02. The molecule has 1 fully saturated rings. The maximum absolute atomic E-state index is 12.3. The third kappa shape index (κ3) is 3.59. The lowest BCUT2D eigenvalue weighted by atomic mass is 10.1. The van der Waals surface area contributed by atoms with Crippen LogP contribution in [0.4, 0.5) is 5.69 Å². The van der Waals surface area contributed by atoms with Gasteiger partial charge in [-0.25, -0.2) is 12.7 Å². The molecule has 1 N–H and O–H groups in total. The van der Waals surface area contributed by atoms with E-state index in [1.165, 1.54) is 18.2 Å². The molecule has 1 atom stereocenters. The summed E-state index contributed by atoms with van der Waals surface area (Å²) in [5.41, 5.74) is 1.30. The number of sulfonamides is 1. The predicted octanol–water partition coefficient (Wildman–Crippen LogP) is 2.58. The number of hydrogen-bond donors (Lipinski definition) is 1. The van der Waals surface area contributed by atoms with E-state index in [9.17, 15) is 18.0 Å². The first-order valence-electron chi connectivity index (χ1n) is 7.98. The SMILES string of the molecule is C[C@H]1CS(=O)(=O)N(c2ccc(C(=O)NCc3ccccc3)c(Cl)c2)C1=O. The first-order valence-corrected chi connectivity index (χ1v) is 9.97. The molecule has 1 aliphatic rings. The number of nitrogens with one attached hydrogen (secondary N) is 1. The van der Waals surface area contributed by atoms with Crippen LogP contribution in [-0.4, -0.2) is 26.0 Å². The van der Waals surface area contributed by atoms with Crippen molar-refractivity contribution in [3.05, 3.63) is 64.7 Å². The van der Waals surface area contributed by atoms with Crippen LogP contribution >= 0.6 is 11.6 Å². The molecule has 26 heavy (non-hydrogen) atoms. The van der Waals surface area contributed by atoms with Crippen LogP contribution in [-0.2, 0) is 21.4 Å². The maximum atomic E-state index is 12.3. The molecule has 3 rings (SSSR count).